The summed E-state index contributed by atoms with van der Waals surface area (Å²) in [5.74, 6) is -0.400. The molecule has 0 aliphatic heterocycles. The number of hydrogen-bond donors (Lipinski definition) is 1. The Bertz CT molecular complexity index is 728. The zero-order valence-electron chi connectivity index (χ0n) is 9.49. The topological polar surface area (TPSA) is 80.6 Å². The van der Waals surface area contributed by atoms with Crippen molar-refractivity contribution in [1.29, 1.82) is 0 Å². The van der Waals surface area contributed by atoms with Crippen molar-refractivity contribution < 1.29 is 14.3 Å². The van der Waals surface area contributed by atoms with Crippen LogP contribution in [-0.4, -0.2) is 25.4 Å². The molecule has 0 bridgehead atoms. The van der Waals surface area contributed by atoms with Crippen LogP contribution in [0.15, 0.2) is 35.2 Å². The molecule has 0 amide bonds. The number of carboxylic acids is 1. The molecule has 0 unspecified atom stereocenters. The number of rotatable bonds is 2. The Morgan fingerprint density at radius 1 is 1.50 bits per heavy atom. The third-order valence-corrected chi connectivity index (χ3v) is 2.67. The van der Waals surface area contributed by atoms with E-state index in [1.807, 2.05) is 0 Å². The van der Waals surface area contributed by atoms with E-state index < -0.39 is 5.97 Å². The molecule has 3 rings (SSSR count). The van der Waals surface area contributed by atoms with Crippen molar-refractivity contribution in [3.05, 3.63) is 42.2 Å². The van der Waals surface area contributed by atoms with Gasteiger partial charge in [0.15, 0.2) is 11.5 Å². The first kappa shape index (κ1) is 10.5. The maximum absolute atomic E-state index is 11.1. The SMILES string of the molecule is Cc1nc2cc(-c3ccco3)ncn2c1C(=O)O. The largest absolute Gasteiger partial charge is 0.477 e. The minimum atomic E-state index is -1.02. The van der Waals surface area contributed by atoms with Crippen molar-refractivity contribution in [3.63, 3.8) is 0 Å². The number of nitrogens with zero attached hydrogens (tertiary/aromatic N) is 3. The van der Waals surface area contributed by atoms with Crippen LogP contribution in [0.5, 0.6) is 0 Å². The van der Waals surface area contributed by atoms with E-state index in [-0.39, 0.29) is 5.69 Å². The summed E-state index contributed by atoms with van der Waals surface area (Å²) in [4.78, 5) is 19.5. The van der Waals surface area contributed by atoms with E-state index in [0.29, 0.717) is 22.8 Å². The molecule has 0 aromatic carbocycles. The van der Waals surface area contributed by atoms with Crippen LogP contribution in [0.3, 0.4) is 0 Å². The number of fused-ring (bicyclic) bond motifs is 1. The van der Waals surface area contributed by atoms with Gasteiger partial charge in [0, 0.05) is 6.07 Å². The van der Waals surface area contributed by atoms with Gasteiger partial charge in [-0.2, -0.15) is 0 Å². The van der Waals surface area contributed by atoms with E-state index in [9.17, 15) is 4.79 Å². The maximum atomic E-state index is 11.1. The molecule has 0 aliphatic carbocycles. The zero-order chi connectivity index (χ0) is 12.7. The highest BCUT2D eigenvalue weighted by Crippen LogP contribution is 2.20. The summed E-state index contributed by atoms with van der Waals surface area (Å²) in [5, 5.41) is 9.10. The van der Waals surface area contributed by atoms with Crippen molar-refractivity contribution in [1.82, 2.24) is 14.4 Å². The normalized spacial score (nSPS) is 10.9. The van der Waals surface area contributed by atoms with Crippen LogP contribution in [-0.2, 0) is 0 Å². The Labute approximate surface area is 102 Å². The van der Waals surface area contributed by atoms with Gasteiger partial charge in [0.1, 0.15) is 17.7 Å². The molecule has 6 nitrogen and oxygen atoms in total. The lowest BCUT2D eigenvalue weighted by molar-refractivity contribution is 0.0688. The van der Waals surface area contributed by atoms with Crippen LogP contribution in [0.2, 0.25) is 0 Å². The van der Waals surface area contributed by atoms with Gasteiger partial charge in [-0.05, 0) is 19.1 Å². The number of aromatic nitrogens is 3. The monoisotopic (exact) mass is 243 g/mol. The van der Waals surface area contributed by atoms with Gasteiger partial charge in [-0.15, -0.1) is 0 Å². The summed E-state index contributed by atoms with van der Waals surface area (Å²) < 4.78 is 6.69. The van der Waals surface area contributed by atoms with Crippen molar-refractivity contribution in [2.75, 3.05) is 0 Å². The molecule has 0 fully saturated rings. The smallest absolute Gasteiger partial charge is 0.354 e. The van der Waals surface area contributed by atoms with Crippen molar-refractivity contribution in [3.8, 4) is 11.5 Å². The lowest BCUT2D eigenvalue weighted by Crippen LogP contribution is -2.04. The first-order valence-corrected chi connectivity index (χ1v) is 5.28. The van der Waals surface area contributed by atoms with Gasteiger partial charge < -0.3 is 9.52 Å². The fraction of sp³-hybridized carbons (Fsp3) is 0.0833. The molecule has 0 saturated carbocycles. The third-order valence-electron chi connectivity index (χ3n) is 2.67. The number of carbonyl (C=O) groups is 1. The van der Waals surface area contributed by atoms with Crippen molar-refractivity contribution >= 4 is 11.6 Å². The van der Waals surface area contributed by atoms with E-state index >= 15 is 0 Å². The Morgan fingerprint density at radius 3 is 3.00 bits per heavy atom. The van der Waals surface area contributed by atoms with Gasteiger partial charge in [-0.25, -0.2) is 14.8 Å². The molecule has 0 spiro atoms. The Balaban J connectivity index is 2.23. The zero-order valence-corrected chi connectivity index (χ0v) is 9.49. The van der Waals surface area contributed by atoms with Crippen LogP contribution in [0.1, 0.15) is 16.2 Å². The summed E-state index contributed by atoms with van der Waals surface area (Å²) in [7, 11) is 0. The van der Waals surface area contributed by atoms with Crippen LogP contribution >= 0.6 is 0 Å². The third kappa shape index (κ3) is 1.46. The van der Waals surface area contributed by atoms with Gasteiger partial charge in [-0.3, -0.25) is 4.40 Å². The summed E-state index contributed by atoms with van der Waals surface area (Å²) >= 11 is 0. The standard InChI is InChI=1S/C12H9N3O3/c1-7-11(12(16)17)15-6-13-8(5-10(15)14-7)9-3-2-4-18-9/h2-6H,1H3,(H,16,17). The number of aryl methyl sites for hydroxylation is 1. The molecule has 3 aromatic heterocycles. The average molecular weight is 243 g/mol. The first-order valence-electron chi connectivity index (χ1n) is 5.28. The van der Waals surface area contributed by atoms with Gasteiger partial charge >= 0.3 is 5.97 Å². The molecular formula is C12H9N3O3. The number of carboxylic acid groups (broad SMARTS) is 1. The molecule has 3 heterocycles. The van der Waals surface area contributed by atoms with Gasteiger partial charge in [0.2, 0.25) is 0 Å². The highest BCUT2D eigenvalue weighted by Gasteiger charge is 2.16. The Morgan fingerprint density at radius 2 is 2.33 bits per heavy atom. The summed E-state index contributed by atoms with van der Waals surface area (Å²) in [6.07, 6.45) is 3.00. The molecule has 1 N–H and O–H groups in total. The number of hydrogen-bond acceptors (Lipinski definition) is 4. The lowest BCUT2D eigenvalue weighted by atomic mass is 10.3. The van der Waals surface area contributed by atoms with Crippen LogP contribution in [0, 0.1) is 6.92 Å². The number of aromatic carboxylic acids is 1. The minimum absolute atomic E-state index is 0.128. The molecule has 3 aromatic rings. The lowest BCUT2D eigenvalue weighted by Gasteiger charge is -1.99. The second kappa shape index (κ2) is 3.69. The van der Waals surface area contributed by atoms with Crippen LogP contribution < -0.4 is 0 Å². The van der Waals surface area contributed by atoms with Gasteiger partial charge in [0.25, 0.3) is 0 Å². The molecule has 18 heavy (non-hydrogen) atoms. The highest BCUT2D eigenvalue weighted by atomic mass is 16.4. The average Bonchev–Trinajstić information content (AvgIpc) is 2.92. The second-order valence-corrected chi connectivity index (χ2v) is 3.83. The predicted molar refractivity (Wildman–Crippen MR) is 62.4 cm³/mol. The fourth-order valence-electron chi connectivity index (χ4n) is 1.88. The molecule has 90 valence electrons. The van der Waals surface area contributed by atoms with Crippen molar-refractivity contribution in [2.24, 2.45) is 0 Å². The fourth-order valence-corrected chi connectivity index (χ4v) is 1.88. The van der Waals surface area contributed by atoms with Crippen LogP contribution in [0.25, 0.3) is 17.1 Å². The Hall–Kier alpha value is -2.63. The van der Waals surface area contributed by atoms with Gasteiger partial charge in [0.05, 0.1) is 12.0 Å². The minimum Gasteiger partial charge on any atom is -0.477 e. The molecule has 0 atom stereocenters. The van der Waals surface area contributed by atoms with E-state index in [1.54, 1.807) is 31.4 Å². The molecular weight excluding hydrogens is 234 g/mol. The van der Waals surface area contributed by atoms with E-state index in [2.05, 4.69) is 9.97 Å². The quantitative estimate of drug-likeness (QED) is 0.744. The van der Waals surface area contributed by atoms with E-state index in [4.69, 9.17) is 9.52 Å². The van der Waals surface area contributed by atoms with E-state index in [1.165, 1.54) is 10.7 Å². The molecule has 0 radical (unpaired) electrons. The summed E-state index contributed by atoms with van der Waals surface area (Å²) in [6, 6.07) is 5.24. The van der Waals surface area contributed by atoms with Gasteiger partial charge in [-0.1, -0.05) is 0 Å². The van der Waals surface area contributed by atoms with E-state index in [0.717, 1.165) is 0 Å². The summed E-state index contributed by atoms with van der Waals surface area (Å²) in [5.41, 5.74) is 1.74. The highest BCUT2D eigenvalue weighted by molar-refractivity contribution is 5.88. The van der Waals surface area contributed by atoms with Crippen LogP contribution in [0.4, 0.5) is 0 Å². The predicted octanol–water partition coefficient (Wildman–Crippen LogP) is 2.00. The first-order chi connectivity index (χ1) is 8.66. The summed E-state index contributed by atoms with van der Waals surface area (Å²) in [6.45, 7) is 1.66. The molecule has 0 saturated heterocycles. The second-order valence-electron chi connectivity index (χ2n) is 3.83. The maximum Gasteiger partial charge on any atom is 0.354 e. The number of furan rings is 1. The molecule has 0 aliphatic rings. The van der Waals surface area contributed by atoms with Crippen molar-refractivity contribution in [2.45, 2.75) is 6.92 Å². The number of imidazole rings is 1. The molecule has 6 heteroatoms. The Kier molecular flexibility index (Phi) is 2.16.